The van der Waals surface area contributed by atoms with Crippen molar-refractivity contribution in [1.29, 1.82) is 0 Å². The molecule has 1 amide bonds. The predicted octanol–water partition coefficient (Wildman–Crippen LogP) is -0.545. The molecule has 12 heavy (non-hydrogen) atoms. The molecule has 0 radical (unpaired) electrons. The standard InChI is InChI=1S/C8H16N2O2/c11-8-9-2-1-3-10-4-6-12-7-5-10/h8H,1-7H2,(H,9,11). The van der Waals surface area contributed by atoms with Crippen molar-refractivity contribution in [2.24, 2.45) is 0 Å². The molecule has 1 aliphatic heterocycles. The van der Waals surface area contributed by atoms with Crippen molar-refractivity contribution in [3.8, 4) is 0 Å². The Labute approximate surface area is 72.9 Å². The van der Waals surface area contributed by atoms with Crippen LogP contribution in [0.4, 0.5) is 0 Å². The third-order valence-electron chi connectivity index (χ3n) is 1.98. The number of hydrogen-bond acceptors (Lipinski definition) is 3. The minimum absolute atomic E-state index is 0.749. The van der Waals surface area contributed by atoms with Crippen molar-refractivity contribution in [1.82, 2.24) is 10.2 Å². The average Bonchev–Trinajstić information content (AvgIpc) is 2.14. The van der Waals surface area contributed by atoms with Gasteiger partial charge in [-0.15, -0.1) is 0 Å². The van der Waals surface area contributed by atoms with Gasteiger partial charge in [0.05, 0.1) is 13.2 Å². The third-order valence-corrected chi connectivity index (χ3v) is 1.98. The maximum Gasteiger partial charge on any atom is 0.207 e. The summed E-state index contributed by atoms with van der Waals surface area (Å²) in [6, 6.07) is 0. The van der Waals surface area contributed by atoms with Crippen LogP contribution in [0.1, 0.15) is 6.42 Å². The number of carbonyl (C=O) groups excluding carboxylic acids is 1. The van der Waals surface area contributed by atoms with E-state index in [1.807, 2.05) is 0 Å². The highest BCUT2D eigenvalue weighted by molar-refractivity contribution is 5.45. The summed E-state index contributed by atoms with van der Waals surface area (Å²) in [7, 11) is 0. The smallest absolute Gasteiger partial charge is 0.207 e. The number of hydrogen-bond donors (Lipinski definition) is 1. The van der Waals surface area contributed by atoms with Crippen molar-refractivity contribution in [3.63, 3.8) is 0 Å². The van der Waals surface area contributed by atoms with Gasteiger partial charge in [0.2, 0.25) is 6.41 Å². The van der Waals surface area contributed by atoms with Gasteiger partial charge in [-0.2, -0.15) is 0 Å². The van der Waals surface area contributed by atoms with Crippen LogP contribution in [0, 0.1) is 0 Å². The zero-order chi connectivity index (χ0) is 8.65. The van der Waals surface area contributed by atoms with Gasteiger partial charge in [0.15, 0.2) is 0 Å². The first kappa shape index (κ1) is 9.48. The van der Waals surface area contributed by atoms with Crippen molar-refractivity contribution >= 4 is 6.41 Å². The van der Waals surface area contributed by atoms with E-state index < -0.39 is 0 Å². The summed E-state index contributed by atoms with van der Waals surface area (Å²) in [5.41, 5.74) is 0. The van der Waals surface area contributed by atoms with E-state index in [0.29, 0.717) is 0 Å². The van der Waals surface area contributed by atoms with Gasteiger partial charge < -0.3 is 10.1 Å². The molecule has 0 unspecified atom stereocenters. The lowest BCUT2D eigenvalue weighted by molar-refractivity contribution is -0.109. The van der Waals surface area contributed by atoms with Crippen LogP contribution in [0.25, 0.3) is 0 Å². The minimum atomic E-state index is 0.749. The summed E-state index contributed by atoms with van der Waals surface area (Å²) in [5.74, 6) is 0. The number of ether oxygens (including phenoxy) is 1. The Bertz CT molecular complexity index is 124. The Kier molecular flexibility index (Phi) is 4.71. The van der Waals surface area contributed by atoms with E-state index >= 15 is 0 Å². The summed E-state index contributed by atoms with van der Waals surface area (Å²) >= 11 is 0. The van der Waals surface area contributed by atoms with E-state index in [2.05, 4.69) is 10.2 Å². The molecular weight excluding hydrogens is 156 g/mol. The summed E-state index contributed by atoms with van der Waals surface area (Å²) in [4.78, 5) is 12.3. The topological polar surface area (TPSA) is 41.6 Å². The normalized spacial score (nSPS) is 19.0. The average molecular weight is 172 g/mol. The summed E-state index contributed by atoms with van der Waals surface area (Å²) in [6.45, 7) is 5.59. The highest BCUT2D eigenvalue weighted by atomic mass is 16.5. The van der Waals surface area contributed by atoms with Gasteiger partial charge in [-0.25, -0.2) is 0 Å². The van der Waals surface area contributed by atoms with Gasteiger partial charge in [-0.1, -0.05) is 0 Å². The molecule has 1 heterocycles. The SMILES string of the molecule is O=CNCCCN1CCOCC1. The Hall–Kier alpha value is -0.610. The largest absolute Gasteiger partial charge is 0.379 e. The number of amides is 1. The van der Waals surface area contributed by atoms with E-state index in [1.54, 1.807) is 0 Å². The highest BCUT2D eigenvalue weighted by Gasteiger charge is 2.08. The van der Waals surface area contributed by atoms with Crippen LogP contribution < -0.4 is 5.32 Å². The second-order valence-corrected chi connectivity index (χ2v) is 2.88. The first-order valence-corrected chi connectivity index (χ1v) is 4.40. The Morgan fingerprint density at radius 2 is 2.17 bits per heavy atom. The molecule has 4 heteroatoms. The molecule has 0 aromatic rings. The molecule has 1 fully saturated rings. The molecule has 0 bridgehead atoms. The van der Waals surface area contributed by atoms with Gasteiger partial charge in [0, 0.05) is 19.6 Å². The van der Waals surface area contributed by atoms with Crippen LogP contribution in [-0.4, -0.2) is 50.7 Å². The van der Waals surface area contributed by atoms with Gasteiger partial charge in [0.25, 0.3) is 0 Å². The molecule has 70 valence electrons. The lowest BCUT2D eigenvalue weighted by Gasteiger charge is -2.26. The van der Waals surface area contributed by atoms with Gasteiger partial charge >= 0.3 is 0 Å². The zero-order valence-electron chi connectivity index (χ0n) is 7.29. The first-order chi connectivity index (χ1) is 5.93. The molecule has 1 aliphatic rings. The molecule has 1 N–H and O–H groups in total. The molecule has 0 spiro atoms. The van der Waals surface area contributed by atoms with Crippen LogP contribution in [0.2, 0.25) is 0 Å². The van der Waals surface area contributed by atoms with E-state index in [9.17, 15) is 4.79 Å². The minimum Gasteiger partial charge on any atom is -0.379 e. The molecule has 1 saturated heterocycles. The number of nitrogens with one attached hydrogen (secondary N) is 1. The summed E-state index contributed by atoms with van der Waals surface area (Å²) < 4.78 is 5.21. The second kappa shape index (κ2) is 5.97. The van der Waals surface area contributed by atoms with Gasteiger partial charge in [0.1, 0.15) is 0 Å². The predicted molar refractivity (Wildman–Crippen MR) is 45.9 cm³/mol. The van der Waals surface area contributed by atoms with Crippen LogP contribution >= 0.6 is 0 Å². The van der Waals surface area contributed by atoms with Crippen LogP contribution in [0.15, 0.2) is 0 Å². The number of rotatable bonds is 5. The lowest BCUT2D eigenvalue weighted by atomic mass is 10.3. The molecule has 4 nitrogen and oxygen atoms in total. The van der Waals surface area contributed by atoms with Gasteiger partial charge in [-0.3, -0.25) is 9.69 Å². The highest BCUT2D eigenvalue weighted by Crippen LogP contribution is 1.96. The maximum atomic E-state index is 9.91. The maximum absolute atomic E-state index is 9.91. The third kappa shape index (κ3) is 3.69. The number of nitrogens with zero attached hydrogens (tertiary/aromatic N) is 1. The van der Waals surface area contributed by atoms with E-state index in [1.165, 1.54) is 0 Å². The molecule has 0 aromatic carbocycles. The molecule has 0 saturated carbocycles. The zero-order valence-corrected chi connectivity index (χ0v) is 7.29. The van der Waals surface area contributed by atoms with Crippen LogP contribution in [0.3, 0.4) is 0 Å². The quantitative estimate of drug-likeness (QED) is 0.447. The van der Waals surface area contributed by atoms with E-state index in [4.69, 9.17) is 4.74 Å². The van der Waals surface area contributed by atoms with E-state index in [-0.39, 0.29) is 0 Å². The monoisotopic (exact) mass is 172 g/mol. The Morgan fingerprint density at radius 1 is 1.42 bits per heavy atom. The van der Waals surface area contributed by atoms with Crippen molar-refractivity contribution in [2.45, 2.75) is 6.42 Å². The number of carbonyl (C=O) groups is 1. The van der Waals surface area contributed by atoms with Crippen molar-refractivity contribution < 1.29 is 9.53 Å². The van der Waals surface area contributed by atoms with Gasteiger partial charge in [-0.05, 0) is 13.0 Å². The molecule has 0 atom stereocenters. The Morgan fingerprint density at radius 3 is 2.83 bits per heavy atom. The van der Waals surface area contributed by atoms with Crippen molar-refractivity contribution in [2.75, 3.05) is 39.4 Å². The van der Waals surface area contributed by atoms with Crippen LogP contribution in [-0.2, 0) is 9.53 Å². The fourth-order valence-electron chi connectivity index (χ4n) is 1.29. The summed E-state index contributed by atoms with van der Waals surface area (Å²) in [6.07, 6.45) is 1.78. The molecule has 0 aromatic heterocycles. The summed E-state index contributed by atoms with van der Waals surface area (Å²) in [5, 5.41) is 2.65. The molecule has 1 rings (SSSR count). The van der Waals surface area contributed by atoms with E-state index in [0.717, 1.165) is 52.2 Å². The first-order valence-electron chi connectivity index (χ1n) is 4.40. The molecule has 0 aliphatic carbocycles. The Balaban J connectivity index is 1.94. The lowest BCUT2D eigenvalue weighted by Crippen LogP contribution is -2.37. The second-order valence-electron chi connectivity index (χ2n) is 2.88. The fraction of sp³-hybridized carbons (Fsp3) is 0.875. The molecular formula is C8H16N2O2. The number of morpholine rings is 1. The van der Waals surface area contributed by atoms with Crippen LogP contribution in [0.5, 0.6) is 0 Å². The fourth-order valence-corrected chi connectivity index (χ4v) is 1.29. The van der Waals surface area contributed by atoms with Crippen molar-refractivity contribution in [3.05, 3.63) is 0 Å².